The maximum absolute atomic E-state index is 11.6. The van der Waals surface area contributed by atoms with E-state index in [1.807, 2.05) is 60.0 Å². The highest BCUT2D eigenvalue weighted by atomic mass is 32.1. The molecule has 0 saturated carbocycles. The zero-order chi connectivity index (χ0) is 23.0. The molecule has 0 aliphatic rings. The first kappa shape index (κ1) is 22.3. The molecule has 4 rings (SSSR count). The van der Waals surface area contributed by atoms with Gasteiger partial charge in [-0.25, -0.2) is 0 Å². The van der Waals surface area contributed by atoms with E-state index in [1.54, 1.807) is 44.0 Å². The molecule has 33 heavy (non-hydrogen) atoms. The molecular formula is C27H23NO4S. The van der Waals surface area contributed by atoms with Gasteiger partial charge >= 0.3 is 0 Å². The second-order valence-electron chi connectivity index (χ2n) is 7.12. The summed E-state index contributed by atoms with van der Waals surface area (Å²) in [5, 5.41) is 2.04. The SMILES string of the molecule is COc1cc(C(=CC=O)c2cc(-c3cccs3)ccc2OC)ccc1OCc1ccncc1. The molecule has 0 radical (unpaired) electrons. The Morgan fingerprint density at radius 2 is 1.73 bits per heavy atom. The second-order valence-corrected chi connectivity index (χ2v) is 8.07. The van der Waals surface area contributed by atoms with Crippen molar-refractivity contribution in [3.05, 3.63) is 101 Å². The van der Waals surface area contributed by atoms with E-state index in [-0.39, 0.29) is 0 Å². The minimum absolute atomic E-state index is 0.395. The van der Waals surface area contributed by atoms with E-state index in [4.69, 9.17) is 14.2 Å². The molecule has 0 aliphatic carbocycles. The molecule has 0 unspecified atom stereocenters. The Hall–Kier alpha value is -3.90. The number of pyridine rings is 1. The summed E-state index contributed by atoms with van der Waals surface area (Å²) in [5.74, 6) is 1.87. The molecule has 6 heteroatoms. The first-order valence-electron chi connectivity index (χ1n) is 10.3. The van der Waals surface area contributed by atoms with Crippen LogP contribution in [0.15, 0.2) is 84.5 Å². The third-order valence-electron chi connectivity index (χ3n) is 5.15. The van der Waals surface area contributed by atoms with E-state index in [9.17, 15) is 4.79 Å². The molecule has 0 spiro atoms. The van der Waals surface area contributed by atoms with Crippen LogP contribution in [0.4, 0.5) is 0 Å². The van der Waals surface area contributed by atoms with Gasteiger partial charge in [0.25, 0.3) is 0 Å². The summed E-state index contributed by atoms with van der Waals surface area (Å²) >= 11 is 1.66. The Balaban J connectivity index is 1.70. The number of hydrogen-bond donors (Lipinski definition) is 0. The van der Waals surface area contributed by atoms with E-state index in [1.165, 1.54) is 0 Å². The minimum Gasteiger partial charge on any atom is -0.496 e. The lowest BCUT2D eigenvalue weighted by Gasteiger charge is -2.16. The number of thiophene rings is 1. The number of carbonyl (C=O) groups is 1. The second kappa shape index (κ2) is 10.6. The van der Waals surface area contributed by atoms with Crippen molar-refractivity contribution in [3.63, 3.8) is 0 Å². The van der Waals surface area contributed by atoms with Crippen LogP contribution < -0.4 is 14.2 Å². The Labute approximate surface area is 196 Å². The quantitative estimate of drug-likeness (QED) is 0.227. The number of carbonyl (C=O) groups excluding carboxylic acids is 1. The summed E-state index contributed by atoms with van der Waals surface area (Å²) in [6.45, 7) is 0.395. The Kier molecular flexibility index (Phi) is 7.17. The number of allylic oxidation sites excluding steroid dienone is 1. The van der Waals surface area contributed by atoms with Gasteiger partial charge in [-0.05, 0) is 82.3 Å². The fourth-order valence-electron chi connectivity index (χ4n) is 3.52. The number of aromatic nitrogens is 1. The average molecular weight is 458 g/mol. The molecule has 166 valence electrons. The Morgan fingerprint density at radius 3 is 2.42 bits per heavy atom. The summed E-state index contributed by atoms with van der Waals surface area (Å²) in [6, 6.07) is 19.5. The molecule has 0 bridgehead atoms. The van der Waals surface area contributed by atoms with Gasteiger partial charge in [-0.3, -0.25) is 9.78 Å². The van der Waals surface area contributed by atoms with Crippen molar-refractivity contribution < 1.29 is 19.0 Å². The monoisotopic (exact) mass is 457 g/mol. The van der Waals surface area contributed by atoms with Crippen LogP contribution in [-0.4, -0.2) is 25.5 Å². The number of hydrogen-bond acceptors (Lipinski definition) is 6. The molecule has 4 aromatic rings. The summed E-state index contributed by atoms with van der Waals surface area (Å²) in [5.41, 5.74) is 4.44. The first-order valence-corrected chi connectivity index (χ1v) is 11.2. The molecular weight excluding hydrogens is 434 g/mol. The zero-order valence-electron chi connectivity index (χ0n) is 18.4. The van der Waals surface area contributed by atoms with E-state index in [0.717, 1.165) is 39.0 Å². The molecule has 2 heterocycles. The van der Waals surface area contributed by atoms with E-state index in [2.05, 4.69) is 11.1 Å². The lowest BCUT2D eigenvalue weighted by molar-refractivity contribution is -0.104. The van der Waals surface area contributed by atoms with Gasteiger partial charge in [-0.15, -0.1) is 11.3 Å². The summed E-state index contributed by atoms with van der Waals surface area (Å²) < 4.78 is 17.2. The summed E-state index contributed by atoms with van der Waals surface area (Å²) in [7, 11) is 3.22. The number of methoxy groups -OCH3 is 2. The van der Waals surface area contributed by atoms with Crippen LogP contribution in [0, 0.1) is 0 Å². The predicted octanol–water partition coefficient (Wildman–Crippen LogP) is 6.04. The van der Waals surface area contributed by atoms with Crippen LogP contribution in [0.25, 0.3) is 16.0 Å². The molecule has 0 saturated heterocycles. The van der Waals surface area contributed by atoms with Crippen molar-refractivity contribution in [1.29, 1.82) is 0 Å². The van der Waals surface area contributed by atoms with Crippen molar-refractivity contribution >= 4 is 23.2 Å². The number of aldehydes is 1. The standard InChI is InChI=1S/C27H23NO4S/c1-30-24-7-6-21(27-4-3-15-33-27)16-23(24)22(11-14-29)20-5-8-25(26(17-20)31-2)32-18-19-9-12-28-13-10-19/h3-17H,18H2,1-2H3. The van der Waals surface area contributed by atoms with Crippen LogP contribution in [0.3, 0.4) is 0 Å². The normalized spacial score (nSPS) is 11.2. The first-order chi connectivity index (χ1) is 16.2. The largest absolute Gasteiger partial charge is 0.496 e. The highest BCUT2D eigenvalue weighted by molar-refractivity contribution is 7.13. The molecule has 0 atom stereocenters. The number of rotatable bonds is 9. The van der Waals surface area contributed by atoms with Crippen molar-refractivity contribution in [3.8, 4) is 27.7 Å². The molecule has 0 amide bonds. The van der Waals surface area contributed by atoms with Crippen LogP contribution in [0.2, 0.25) is 0 Å². The van der Waals surface area contributed by atoms with Crippen molar-refractivity contribution in [2.75, 3.05) is 14.2 Å². The van der Waals surface area contributed by atoms with Crippen molar-refractivity contribution in [2.24, 2.45) is 0 Å². The molecule has 0 fully saturated rings. The van der Waals surface area contributed by atoms with Gasteiger partial charge in [0.05, 0.1) is 14.2 Å². The fraction of sp³-hybridized carbons (Fsp3) is 0.111. The molecule has 2 aromatic heterocycles. The summed E-state index contributed by atoms with van der Waals surface area (Å²) in [4.78, 5) is 16.7. The number of ether oxygens (including phenoxy) is 3. The van der Waals surface area contributed by atoms with Gasteiger partial charge in [0.15, 0.2) is 11.5 Å². The third-order valence-corrected chi connectivity index (χ3v) is 6.07. The van der Waals surface area contributed by atoms with Gasteiger partial charge in [-0.2, -0.15) is 0 Å². The third kappa shape index (κ3) is 5.13. The number of nitrogens with zero attached hydrogens (tertiary/aromatic N) is 1. The Bertz CT molecular complexity index is 1250. The van der Waals surface area contributed by atoms with Gasteiger partial charge in [0, 0.05) is 22.8 Å². The predicted molar refractivity (Wildman–Crippen MR) is 131 cm³/mol. The topological polar surface area (TPSA) is 57.7 Å². The van der Waals surface area contributed by atoms with Crippen molar-refractivity contribution in [1.82, 2.24) is 4.98 Å². The van der Waals surface area contributed by atoms with Gasteiger partial charge in [0.1, 0.15) is 18.6 Å². The average Bonchev–Trinajstić information content (AvgIpc) is 3.41. The van der Waals surface area contributed by atoms with E-state index >= 15 is 0 Å². The van der Waals surface area contributed by atoms with Crippen LogP contribution in [-0.2, 0) is 11.4 Å². The maximum Gasteiger partial charge on any atom is 0.161 e. The van der Waals surface area contributed by atoms with E-state index in [0.29, 0.717) is 23.9 Å². The summed E-state index contributed by atoms with van der Waals surface area (Å²) in [6.07, 6.45) is 5.79. The van der Waals surface area contributed by atoms with E-state index < -0.39 is 0 Å². The number of benzene rings is 2. The Morgan fingerprint density at radius 1 is 0.939 bits per heavy atom. The molecule has 2 aromatic carbocycles. The van der Waals surface area contributed by atoms with Gasteiger partial charge in [0.2, 0.25) is 0 Å². The lowest BCUT2D eigenvalue weighted by Crippen LogP contribution is -2.00. The maximum atomic E-state index is 11.6. The molecule has 0 aliphatic heterocycles. The zero-order valence-corrected chi connectivity index (χ0v) is 19.2. The molecule has 0 N–H and O–H groups in total. The van der Waals surface area contributed by atoms with Gasteiger partial charge < -0.3 is 14.2 Å². The fourth-order valence-corrected chi connectivity index (χ4v) is 4.24. The van der Waals surface area contributed by atoms with Gasteiger partial charge in [-0.1, -0.05) is 12.1 Å². The van der Waals surface area contributed by atoms with Crippen LogP contribution in [0.1, 0.15) is 16.7 Å². The smallest absolute Gasteiger partial charge is 0.161 e. The highest BCUT2D eigenvalue weighted by Gasteiger charge is 2.16. The van der Waals surface area contributed by atoms with Crippen molar-refractivity contribution in [2.45, 2.75) is 6.61 Å². The van der Waals surface area contributed by atoms with Crippen LogP contribution >= 0.6 is 11.3 Å². The molecule has 5 nitrogen and oxygen atoms in total. The van der Waals surface area contributed by atoms with Crippen LogP contribution in [0.5, 0.6) is 17.2 Å². The highest BCUT2D eigenvalue weighted by Crippen LogP contribution is 2.38. The lowest BCUT2D eigenvalue weighted by atomic mass is 9.94. The minimum atomic E-state index is 0.395.